The first-order valence-corrected chi connectivity index (χ1v) is 10.0. The number of allylic oxidation sites excluding steroid dienone is 1. The van der Waals surface area contributed by atoms with Crippen molar-refractivity contribution in [2.75, 3.05) is 13.2 Å². The molecule has 142 valence electrons. The number of amides is 1. The van der Waals surface area contributed by atoms with Gasteiger partial charge in [0.05, 0.1) is 11.6 Å². The van der Waals surface area contributed by atoms with Crippen LogP contribution in [-0.2, 0) is 4.79 Å². The van der Waals surface area contributed by atoms with Gasteiger partial charge in [0, 0.05) is 18.0 Å². The molecule has 4 nitrogen and oxygen atoms in total. The molecule has 0 saturated carbocycles. The molecule has 1 aliphatic carbocycles. The quantitative estimate of drug-likeness (QED) is 0.355. The number of rotatable bonds is 8. The van der Waals surface area contributed by atoms with E-state index in [9.17, 15) is 4.79 Å². The maximum atomic E-state index is 11.9. The van der Waals surface area contributed by atoms with E-state index in [1.807, 2.05) is 0 Å². The van der Waals surface area contributed by atoms with E-state index in [4.69, 9.17) is 40.2 Å². The van der Waals surface area contributed by atoms with Crippen molar-refractivity contribution >= 4 is 46.4 Å². The van der Waals surface area contributed by atoms with E-state index >= 15 is 0 Å². The first kappa shape index (κ1) is 21.0. The monoisotopic (exact) mass is 414 g/mol. The Morgan fingerprint density at radius 2 is 2.12 bits per heavy atom. The average molecular weight is 415 g/mol. The minimum Gasteiger partial charge on any atom is -0.492 e. The SMILES string of the molecule is O=C(CCCOc1ccc(Cl)cc1Cl)NC(=S)NCCC1=CCCCC1. The topological polar surface area (TPSA) is 50.4 Å². The van der Waals surface area contributed by atoms with Crippen molar-refractivity contribution in [1.82, 2.24) is 10.6 Å². The highest BCUT2D eigenvalue weighted by Gasteiger charge is 2.07. The molecule has 0 atom stereocenters. The molecule has 7 heteroatoms. The molecule has 0 radical (unpaired) electrons. The van der Waals surface area contributed by atoms with Crippen molar-refractivity contribution in [3.05, 3.63) is 39.9 Å². The lowest BCUT2D eigenvalue weighted by Crippen LogP contribution is -2.39. The van der Waals surface area contributed by atoms with Crippen molar-refractivity contribution in [2.24, 2.45) is 0 Å². The molecule has 1 aromatic carbocycles. The number of benzene rings is 1. The van der Waals surface area contributed by atoms with Crippen molar-refractivity contribution in [3.63, 3.8) is 0 Å². The predicted octanol–water partition coefficient (Wildman–Crippen LogP) is 5.03. The van der Waals surface area contributed by atoms with Crippen molar-refractivity contribution in [1.29, 1.82) is 0 Å². The van der Waals surface area contributed by atoms with Crippen LogP contribution in [0, 0.1) is 0 Å². The molecule has 1 amide bonds. The van der Waals surface area contributed by atoms with Gasteiger partial charge in [0.1, 0.15) is 5.75 Å². The fourth-order valence-electron chi connectivity index (χ4n) is 2.71. The Balaban J connectivity index is 1.56. The van der Waals surface area contributed by atoms with Gasteiger partial charge in [-0.3, -0.25) is 4.79 Å². The number of hydrogen-bond acceptors (Lipinski definition) is 3. The summed E-state index contributed by atoms with van der Waals surface area (Å²) >= 11 is 17.0. The molecule has 0 unspecified atom stereocenters. The van der Waals surface area contributed by atoms with Crippen molar-refractivity contribution in [3.8, 4) is 5.75 Å². The lowest BCUT2D eigenvalue weighted by molar-refractivity contribution is -0.119. The molecule has 0 saturated heterocycles. The van der Waals surface area contributed by atoms with Crippen LogP contribution in [0.3, 0.4) is 0 Å². The van der Waals surface area contributed by atoms with Gasteiger partial charge in [-0.2, -0.15) is 0 Å². The maximum absolute atomic E-state index is 11.9. The van der Waals surface area contributed by atoms with Crippen LogP contribution in [0.15, 0.2) is 29.8 Å². The standard InChI is InChI=1S/C19H24Cl2N2O2S/c20-15-8-9-17(16(21)13-15)25-12-4-7-18(24)23-19(26)22-11-10-14-5-2-1-3-6-14/h5,8-9,13H,1-4,6-7,10-12H2,(H2,22,23,24,26). The summed E-state index contributed by atoms with van der Waals surface area (Å²) in [6.07, 6.45) is 9.12. The highest BCUT2D eigenvalue weighted by molar-refractivity contribution is 7.80. The zero-order valence-corrected chi connectivity index (χ0v) is 17.0. The van der Waals surface area contributed by atoms with Crippen LogP contribution in [0.25, 0.3) is 0 Å². The second-order valence-corrected chi connectivity index (χ2v) is 7.44. The van der Waals surface area contributed by atoms with Crippen LogP contribution >= 0.6 is 35.4 Å². The zero-order valence-electron chi connectivity index (χ0n) is 14.7. The normalized spacial score (nSPS) is 13.7. The highest BCUT2D eigenvalue weighted by Crippen LogP contribution is 2.27. The summed E-state index contributed by atoms with van der Waals surface area (Å²) in [4.78, 5) is 11.9. The molecular formula is C19H24Cl2N2O2S. The van der Waals surface area contributed by atoms with E-state index in [-0.39, 0.29) is 5.91 Å². The van der Waals surface area contributed by atoms with Crippen molar-refractivity contribution in [2.45, 2.75) is 44.9 Å². The molecule has 26 heavy (non-hydrogen) atoms. The first-order chi connectivity index (χ1) is 12.5. The van der Waals surface area contributed by atoms with Gasteiger partial charge in [-0.1, -0.05) is 34.9 Å². The summed E-state index contributed by atoms with van der Waals surface area (Å²) in [6, 6.07) is 5.05. The first-order valence-electron chi connectivity index (χ1n) is 8.88. The molecule has 0 spiro atoms. The largest absolute Gasteiger partial charge is 0.492 e. The molecule has 1 aliphatic rings. The van der Waals surface area contributed by atoms with Gasteiger partial charge in [-0.25, -0.2) is 0 Å². The lowest BCUT2D eigenvalue weighted by Gasteiger charge is -2.14. The highest BCUT2D eigenvalue weighted by atomic mass is 35.5. The van der Waals surface area contributed by atoms with Gasteiger partial charge in [0.25, 0.3) is 0 Å². The van der Waals surface area contributed by atoms with Crippen LogP contribution in [0.2, 0.25) is 10.0 Å². The van der Waals surface area contributed by atoms with E-state index in [0.29, 0.717) is 40.4 Å². The van der Waals surface area contributed by atoms with Crippen LogP contribution in [0.5, 0.6) is 5.75 Å². The predicted molar refractivity (Wildman–Crippen MR) is 111 cm³/mol. The van der Waals surface area contributed by atoms with E-state index < -0.39 is 0 Å². The molecule has 0 bridgehead atoms. The lowest BCUT2D eigenvalue weighted by atomic mass is 9.97. The number of thiocarbonyl (C=S) groups is 1. The Hall–Kier alpha value is -1.30. The van der Waals surface area contributed by atoms with E-state index in [1.165, 1.54) is 31.3 Å². The van der Waals surface area contributed by atoms with Crippen LogP contribution in [0.1, 0.15) is 44.9 Å². The van der Waals surface area contributed by atoms with Gasteiger partial charge >= 0.3 is 0 Å². The number of nitrogens with one attached hydrogen (secondary N) is 2. The van der Waals surface area contributed by atoms with Gasteiger partial charge < -0.3 is 15.4 Å². The number of carbonyl (C=O) groups is 1. The van der Waals surface area contributed by atoms with E-state index in [0.717, 1.165) is 13.0 Å². The summed E-state index contributed by atoms with van der Waals surface area (Å²) in [6.45, 7) is 1.15. The van der Waals surface area contributed by atoms with Gasteiger partial charge in [0.2, 0.25) is 5.91 Å². The molecule has 0 aromatic heterocycles. The molecule has 1 aromatic rings. The van der Waals surface area contributed by atoms with Crippen LogP contribution in [-0.4, -0.2) is 24.2 Å². The Kier molecular flexibility index (Phi) is 9.23. The molecule has 0 fully saturated rings. The Morgan fingerprint density at radius 3 is 2.85 bits per heavy atom. The summed E-state index contributed by atoms with van der Waals surface area (Å²) in [5.41, 5.74) is 1.48. The maximum Gasteiger partial charge on any atom is 0.226 e. The van der Waals surface area contributed by atoms with Crippen molar-refractivity contribution < 1.29 is 9.53 Å². The Morgan fingerprint density at radius 1 is 1.27 bits per heavy atom. The summed E-state index contributed by atoms with van der Waals surface area (Å²) < 4.78 is 5.55. The summed E-state index contributed by atoms with van der Waals surface area (Å²) in [5, 5.41) is 7.18. The summed E-state index contributed by atoms with van der Waals surface area (Å²) in [5.74, 6) is 0.441. The Labute approximate surface area is 170 Å². The van der Waals surface area contributed by atoms with Gasteiger partial charge in [-0.05, 0) is 68.9 Å². The average Bonchev–Trinajstić information content (AvgIpc) is 2.61. The molecule has 2 rings (SSSR count). The minimum absolute atomic E-state index is 0.120. The van der Waals surface area contributed by atoms with Crippen LogP contribution < -0.4 is 15.4 Å². The third-order valence-electron chi connectivity index (χ3n) is 4.07. The number of halogens is 2. The number of hydrogen-bond donors (Lipinski definition) is 2. The van der Waals surface area contributed by atoms with E-state index in [2.05, 4.69) is 16.7 Å². The van der Waals surface area contributed by atoms with E-state index in [1.54, 1.807) is 18.2 Å². The minimum atomic E-state index is -0.120. The Bertz CT molecular complexity index is 665. The molecular weight excluding hydrogens is 391 g/mol. The second kappa shape index (κ2) is 11.4. The number of carbonyl (C=O) groups excluding carboxylic acids is 1. The molecule has 0 heterocycles. The molecule has 0 aliphatic heterocycles. The zero-order chi connectivity index (χ0) is 18.8. The van der Waals surface area contributed by atoms with Gasteiger partial charge in [-0.15, -0.1) is 0 Å². The number of ether oxygens (including phenoxy) is 1. The third-order valence-corrected chi connectivity index (χ3v) is 4.85. The second-order valence-electron chi connectivity index (χ2n) is 6.19. The third kappa shape index (κ3) is 7.94. The van der Waals surface area contributed by atoms with Crippen LogP contribution in [0.4, 0.5) is 0 Å². The summed E-state index contributed by atoms with van der Waals surface area (Å²) in [7, 11) is 0. The fraction of sp³-hybridized carbons (Fsp3) is 0.474. The van der Waals surface area contributed by atoms with Gasteiger partial charge in [0.15, 0.2) is 5.11 Å². The smallest absolute Gasteiger partial charge is 0.226 e. The molecule has 2 N–H and O–H groups in total. The fourth-order valence-corrected chi connectivity index (χ4v) is 3.39.